The van der Waals surface area contributed by atoms with Gasteiger partial charge < -0.3 is 9.80 Å². The van der Waals surface area contributed by atoms with Crippen LogP contribution in [-0.4, -0.2) is 66.3 Å². The monoisotopic (exact) mass is 371 g/mol. The normalized spacial score (nSPS) is 23.4. The van der Waals surface area contributed by atoms with E-state index < -0.39 is 24.9 Å². The summed E-state index contributed by atoms with van der Waals surface area (Å²) in [5, 5.41) is 3.09. The molecule has 8 heteroatoms. The SMILES string of the molecule is O=C(c1cccc(Cl)c1)N1CCCN(C(=O)C2CC(F)(F)CN2)CC1. The number of benzene rings is 1. The average molecular weight is 372 g/mol. The topological polar surface area (TPSA) is 52.7 Å². The van der Waals surface area contributed by atoms with Crippen LogP contribution in [0, 0.1) is 0 Å². The molecule has 2 heterocycles. The van der Waals surface area contributed by atoms with Crippen molar-refractivity contribution in [3.63, 3.8) is 0 Å². The number of nitrogens with zero attached hydrogens (tertiary/aromatic N) is 2. The number of hydrogen-bond donors (Lipinski definition) is 1. The van der Waals surface area contributed by atoms with Crippen LogP contribution in [0.1, 0.15) is 23.2 Å². The van der Waals surface area contributed by atoms with E-state index in [0.717, 1.165) is 0 Å². The zero-order valence-corrected chi connectivity index (χ0v) is 14.4. The van der Waals surface area contributed by atoms with Gasteiger partial charge in [-0.3, -0.25) is 14.9 Å². The van der Waals surface area contributed by atoms with Crippen molar-refractivity contribution < 1.29 is 18.4 Å². The summed E-state index contributed by atoms with van der Waals surface area (Å²) in [4.78, 5) is 28.3. The lowest BCUT2D eigenvalue weighted by Gasteiger charge is -2.24. The molecule has 2 fully saturated rings. The van der Waals surface area contributed by atoms with E-state index in [1.807, 2.05) is 0 Å². The van der Waals surface area contributed by atoms with E-state index in [1.54, 1.807) is 34.1 Å². The van der Waals surface area contributed by atoms with Crippen LogP contribution in [0.5, 0.6) is 0 Å². The Kier molecular flexibility index (Phi) is 5.24. The Labute approximate surface area is 149 Å². The maximum absolute atomic E-state index is 13.3. The lowest BCUT2D eigenvalue weighted by molar-refractivity contribution is -0.133. The Morgan fingerprint density at radius 3 is 2.56 bits per heavy atom. The Balaban J connectivity index is 1.61. The van der Waals surface area contributed by atoms with E-state index in [0.29, 0.717) is 43.2 Å². The molecule has 1 atom stereocenters. The average Bonchev–Trinajstić information content (AvgIpc) is 2.80. The molecule has 5 nitrogen and oxygen atoms in total. The predicted molar refractivity (Wildman–Crippen MR) is 89.9 cm³/mol. The summed E-state index contributed by atoms with van der Waals surface area (Å²) in [6.07, 6.45) is 0.147. The molecule has 0 radical (unpaired) electrons. The summed E-state index contributed by atoms with van der Waals surface area (Å²) in [7, 11) is 0. The number of alkyl halides is 2. The van der Waals surface area contributed by atoms with Gasteiger partial charge in [0, 0.05) is 43.2 Å². The molecule has 2 aliphatic rings. The summed E-state index contributed by atoms with van der Waals surface area (Å²) in [5.74, 6) is -3.28. The van der Waals surface area contributed by atoms with Gasteiger partial charge in [0.05, 0.1) is 12.6 Å². The van der Waals surface area contributed by atoms with Gasteiger partial charge in [-0.15, -0.1) is 0 Å². The van der Waals surface area contributed by atoms with Crippen LogP contribution in [0.4, 0.5) is 8.78 Å². The third-order valence-electron chi connectivity index (χ3n) is 4.57. The molecule has 0 spiro atoms. The lowest BCUT2D eigenvalue weighted by atomic mass is 10.1. The van der Waals surface area contributed by atoms with Crippen molar-refractivity contribution in [3.8, 4) is 0 Å². The number of rotatable bonds is 2. The van der Waals surface area contributed by atoms with E-state index in [1.165, 1.54) is 0 Å². The first-order valence-corrected chi connectivity index (χ1v) is 8.68. The molecule has 1 N–H and O–H groups in total. The Morgan fingerprint density at radius 2 is 1.88 bits per heavy atom. The van der Waals surface area contributed by atoms with E-state index in [9.17, 15) is 18.4 Å². The molecular weight excluding hydrogens is 352 g/mol. The molecule has 2 amide bonds. The predicted octanol–water partition coefficient (Wildman–Crippen LogP) is 2.01. The number of carbonyl (C=O) groups is 2. The maximum Gasteiger partial charge on any atom is 0.262 e. The first-order valence-electron chi connectivity index (χ1n) is 8.30. The summed E-state index contributed by atoms with van der Waals surface area (Å²) in [6, 6.07) is 5.89. The van der Waals surface area contributed by atoms with Gasteiger partial charge in [-0.2, -0.15) is 0 Å². The standard InChI is InChI=1S/C17H20ClF2N3O2/c18-13-4-1-3-12(9-13)15(24)22-5-2-6-23(8-7-22)16(25)14-10-17(19,20)11-21-14/h1,3-4,9,14,21H,2,5-8,10-11H2. The lowest BCUT2D eigenvalue weighted by Crippen LogP contribution is -2.45. The summed E-state index contributed by atoms with van der Waals surface area (Å²) < 4.78 is 26.6. The molecule has 136 valence electrons. The Bertz CT molecular complexity index is 671. The minimum atomic E-state index is -2.83. The highest BCUT2D eigenvalue weighted by molar-refractivity contribution is 6.30. The highest BCUT2D eigenvalue weighted by Gasteiger charge is 2.43. The van der Waals surface area contributed by atoms with E-state index >= 15 is 0 Å². The second-order valence-electron chi connectivity index (χ2n) is 6.47. The minimum Gasteiger partial charge on any atom is -0.339 e. The summed E-state index contributed by atoms with van der Waals surface area (Å²) in [6.45, 7) is 1.23. The highest BCUT2D eigenvalue weighted by atomic mass is 35.5. The molecule has 0 aliphatic carbocycles. The van der Waals surface area contributed by atoms with Crippen molar-refractivity contribution in [1.82, 2.24) is 15.1 Å². The molecule has 2 saturated heterocycles. The minimum absolute atomic E-state index is 0.137. The van der Waals surface area contributed by atoms with Crippen molar-refractivity contribution in [2.45, 2.75) is 24.8 Å². The van der Waals surface area contributed by atoms with Crippen molar-refractivity contribution in [2.75, 3.05) is 32.7 Å². The third-order valence-corrected chi connectivity index (χ3v) is 4.81. The van der Waals surface area contributed by atoms with Gasteiger partial charge >= 0.3 is 0 Å². The quantitative estimate of drug-likeness (QED) is 0.865. The van der Waals surface area contributed by atoms with E-state index in [-0.39, 0.29) is 11.8 Å². The molecular formula is C17H20ClF2N3O2. The summed E-state index contributed by atoms with van der Waals surface area (Å²) >= 11 is 5.93. The molecule has 0 bridgehead atoms. The molecule has 0 aromatic heterocycles. The molecule has 1 aromatic rings. The number of amides is 2. The Morgan fingerprint density at radius 1 is 1.16 bits per heavy atom. The summed E-state index contributed by atoms with van der Waals surface area (Å²) in [5.41, 5.74) is 0.504. The van der Waals surface area contributed by atoms with Crippen LogP contribution < -0.4 is 5.32 Å². The third kappa shape index (κ3) is 4.27. The van der Waals surface area contributed by atoms with Gasteiger partial charge in [-0.05, 0) is 24.6 Å². The van der Waals surface area contributed by atoms with Crippen molar-refractivity contribution >= 4 is 23.4 Å². The number of halogens is 3. The first-order chi connectivity index (χ1) is 11.9. The molecule has 25 heavy (non-hydrogen) atoms. The van der Waals surface area contributed by atoms with Crippen LogP contribution in [0.3, 0.4) is 0 Å². The molecule has 0 saturated carbocycles. The van der Waals surface area contributed by atoms with Crippen molar-refractivity contribution in [1.29, 1.82) is 0 Å². The smallest absolute Gasteiger partial charge is 0.262 e. The van der Waals surface area contributed by atoms with Crippen molar-refractivity contribution in [3.05, 3.63) is 34.9 Å². The van der Waals surface area contributed by atoms with Crippen LogP contribution in [0.25, 0.3) is 0 Å². The van der Waals surface area contributed by atoms with Gasteiger partial charge in [0.2, 0.25) is 5.91 Å². The zero-order chi connectivity index (χ0) is 18.0. The maximum atomic E-state index is 13.3. The van der Waals surface area contributed by atoms with Crippen molar-refractivity contribution in [2.24, 2.45) is 0 Å². The Hall–Kier alpha value is -1.73. The second-order valence-corrected chi connectivity index (χ2v) is 6.91. The molecule has 1 unspecified atom stereocenters. The fraction of sp³-hybridized carbons (Fsp3) is 0.529. The highest BCUT2D eigenvalue weighted by Crippen LogP contribution is 2.26. The molecule has 2 aliphatic heterocycles. The van der Waals surface area contributed by atoms with Gasteiger partial charge in [0.15, 0.2) is 0 Å². The largest absolute Gasteiger partial charge is 0.339 e. The van der Waals surface area contributed by atoms with Crippen LogP contribution in [0.2, 0.25) is 5.02 Å². The van der Waals surface area contributed by atoms with Gasteiger partial charge in [-0.1, -0.05) is 17.7 Å². The first kappa shape index (κ1) is 18.1. The number of nitrogens with one attached hydrogen (secondary N) is 1. The van der Waals surface area contributed by atoms with E-state index in [4.69, 9.17) is 11.6 Å². The second kappa shape index (κ2) is 7.25. The molecule has 3 rings (SSSR count). The van der Waals surface area contributed by atoms with Crippen LogP contribution >= 0.6 is 11.6 Å². The number of carbonyl (C=O) groups excluding carboxylic acids is 2. The van der Waals surface area contributed by atoms with E-state index in [2.05, 4.69) is 5.32 Å². The number of hydrogen-bond acceptors (Lipinski definition) is 3. The fourth-order valence-electron chi connectivity index (χ4n) is 3.26. The van der Waals surface area contributed by atoms with Gasteiger partial charge in [-0.25, -0.2) is 8.78 Å². The van der Waals surface area contributed by atoms with Crippen LogP contribution in [-0.2, 0) is 4.79 Å². The fourth-order valence-corrected chi connectivity index (χ4v) is 3.45. The van der Waals surface area contributed by atoms with Gasteiger partial charge in [0.25, 0.3) is 11.8 Å². The molecule has 1 aromatic carbocycles. The van der Waals surface area contributed by atoms with Gasteiger partial charge in [0.1, 0.15) is 0 Å². The zero-order valence-electron chi connectivity index (χ0n) is 13.7. The van der Waals surface area contributed by atoms with Crippen LogP contribution in [0.15, 0.2) is 24.3 Å².